The van der Waals surface area contributed by atoms with E-state index < -0.39 is 12.1 Å². The van der Waals surface area contributed by atoms with E-state index in [2.05, 4.69) is 33.8 Å². The molecule has 1 heterocycles. The van der Waals surface area contributed by atoms with Crippen LogP contribution < -0.4 is 0 Å². The molecular formula is C25H36O4. The van der Waals surface area contributed by atoms with Gasteiger partial charge in [-0.2, -0.15) is 0 Å². The molecule has 160 valence electrons. The molecule has 0 spiro atoms. The van der Waals surface area contributed by atoms with Crippen LogP contribution in [-0.2, 0) is 14.3 Å². The van der Waals surface area contributed by atoms with Crippen LogP contribution in [0.25, 0.3) is 0 Å². The number of rotatable bonds is 10. The zero-order chi connectivity index (χ0) is 21.4. The van der Waals surface area contributed by atoms with E-state index in [0.29, 0.717) is 29.4 Å². The average molecular weight is 401 g/mol. The number of carbonyl (C=O) groups excluding carboxylic acids is 2. The third kappa shape index (κ3) is 6.81. The van der Waals surface area contributed by atoms with Crippen molar-refractivity contribution in [2.75, 3.05) is 6.61 Å². The molecule has 29 heavy (non-hydrogen) atoms. The molecule has 2 rings (SSSR count). The molecule has 0 bridgehead atoms. The molecule has 4 nitrogen and oxygen atoms in total. The summed E-state index contributed by atoms with van der Waals surface area (Å²) in [5.41, 5.74) is 6.17. The van der Waals surface area contributed by atoms with Crippen molar-refractivity contribution in [1.29, 1.82) is 0 Å². The number of aldehydes is 1. The Balaban J connectivity index is 1.83. The van der Waals surface area contributed by atoms with E-state index in [-0.39, 0.29) is 6.61 Å². The van der Waals surface area contributed by atoms with Crippen molar-refractivity contribution in [3.05, 3.63) is 46.1 Å². The first-order valence-electron chi connectivity index (χ1n) is 10.8. The Labute approximate surface area is 175 Å². The Morgan fingerprint density at radius 1 is 1.31 bits per heavy atom. The molecule has 0 aromatic carbocycles. The fourth-order valence-electron chi connectivity index (χ4n) is 4.44. The minimum absolute atomic E-state index is 0.199. The fourth-order valence-corrected chi connectivity index (χ4v) is 4.44. The summed E-state index contributed by atoms with van der Waals surface area (Å²) in [6.45, 7) is 8.99. The number of ether oxygens (including phenoxy) is 1. The van der Waals surface area contributed by atoms with Gasteiger partial charge in [-0.1, -0.05) is 42.7 Å². The maximum atomic E-state index is 11.4. The molecule has 0 saturated heterocycles. The summed E-state index contributed by atoms with van der Waals surface area (Å²) in [7, 11) is 0. The molecule has 4 heteroatoms. The van der Waals surface area contributed by atoms with Crippen molar-refractivity contribution in [2.45, 2.75) is 85.2 Å². The van der Waals surface area contributed by atoms with Crippen molar-refractivity contribution in [1.82, 2.24) is 0 Å². The van der Waals surface area contributed by atoms with Gasteiger partial charge in [-0.25, -0.2) is 4.79 Å². The summed E-state index contributed by atoms with van der Waals surface area (Å²) in [4.78, 5) is 22.7. The SMILES string of the molecule is CC(=CCCC(C=O)=CCC1OC(=O)C=C1CO)CCC1=C(C)CCCC1(C)C. The summed E-state index contributed by atoms with van der Waals surface area (Å²) in [5, 5.41) is 9.27. The van der Waals surface area contributed by atoms with Crippen LogP contribution in [0.4, 0.5) is 0 Å². The molecular weight excluding hydrogens is 364 g/mol. The minimum Gasteiger partial charge on any atom is -0.454 e. The highest BCUT2D eigenvalue weighted by Gasteiger charge is 2.27. The van der Waals surface area contributed by atoms with Gasteiger partial charge >= 0.3 is 5.97 Å². The second kappa shape index (κ2) is 10.7. The zero-order valence-electron chi connectivity index (χ0n) is 18.4. The van der Waals surface area contributed by atoms with Crippen LogP contribution in [0.15, 0.2) is 46.1 Å². The van der Waals surface area contributed by atoms with E-state index in [1.165, 1.54) is 30.9 Å². The number of carbonyl (C=O) groups is 2. The average Bonchev–Trinajstić information content (AvgIpc) is 3.03. The first-order chi connectivity index (χ1) is 13.8. The van der Waals surface area contributed by atoms with E-state index in [1.807, 2.05) is 6.08 Å². The van der Waals surface area contributed by atoms with E-state index in [1.54, 1.807) is 11.1 Å². The summed E-state index contributed by atoms with van der Waals surface area (Å²) < 4.78 is 5.15. The van der Waals surface area contributed by atoms with Crippen LogP contribution in [0, 0.1) is 5.41 Å². The molecule has 1 unspecified atom stereocenters. The molecule has 0 fully saturated rings. The highest BCUT2D eigenvalue weighted by Crippen LogP contribution is 2.42. The lowest BCUT2D eigenvalue weighted by Crippen LogP contribution is -2.20. The van der Waals surface area contributed by atoms with Crippen molar-refractivity contribution >= 4 is 12.3 Å². The van der Waals surface area contributed by atoms with Gasteiger partial charge in [-0.05, 0) is 69.8 Å². The second-order valence-electron chi connectivity index (χ2n) is 9.02. The molecule has 1 atom stereocenters. The lowest BCUT2D eigenvalue weighted by molar-refractivity contribution is -0.138. The van der Waals surface area contributed by atoms with E-state index in [9.17, 15) is 14.7 Å². The second-order valence-corrected chi connectivity index (χ2v) is 9.02. The van der Waals surface area contributed by atoms with Crippen LogP contribution in [0.3, 0.4) is 0 Å². The molecule has 1 aliphatic carbocycles. The molecule has 0 saturated carbocycles. The summed E-state index contributed by atoms with van der Waals surface area (Å²) >= 11 is 0. The van der Waals surface area contributed by atoms with Gasteiger partial charge in [0.1, 0.15) is 12.4 Å². The molecule has 2 aliphatic rings. The number of esters is 1. The fraction of sp³-hybridized carbons (Fsp3) is 0.600. The molecule has 0 aromatic heterocycles. The summed E-state index contributed by atoms with van der Waals surface area (Å²) in [5.74, 6) is -0.426. The van der Waals surface area contributed by atoms with Crippen molar-refractivity contribution in [3.63, 3.8) is 0 Å². The third-order valence-electron chi connectivity index (χ3n) is 6.28. The van der Waals surface area contributed by atoms with Crippen molar-refractivity contribution < 1.29 is 19.4 Å². The quantitative estimate of drug-likeness (QED) is 0.231. The van der Waals surface area contributed by atoms with Gasteiger partial charge in [0, 0.05) is 18.1 Å². The molecule has 0 aromatic rings. The molecule has 0 radical (unpaired) electrons. The number of cyclic esters (lactones) is 1. The van der Waals surface area contributed by atoms with E-state index >= 15 is 0 Å². The Morgan fingerprint density at radius 3 is 2.72 bits per heavy atom. The number of aliphatic hydroxyl groups is 1. The zero-order valence-corrected chi connectivity index (χ0v) is 18.4. The van der Waals surface area contributed by atoms with Crippen LogP contribution in [0.2, 0.25) is 0 Å². The van der Waals surface area contributed by atoms with Crippen molar-refractivity contribution in [2.24, 2.45) is 5.41 Å². The van der Waals surface area contributed by atoms with Crippen LogP contribution >= 0.6 is 0 Å². The van der Waals surface area contributed by atoms with Gasteiger partial charge in [0.15, 0.2) is 0 Å². The van der Waals surface area contributed by atoms with Crippen molar-refractivity contribution in [3.8, 4) is 0 Å². The highest BCUT2D eigenvalue weighted by molar-refractivity contribution is 5.86. The van der Waals surface area contributed by atoms with Gasteiger partial charge in [-0.15, -0.1) is 0 Å². The minimum atomic E-state index is -0.449. The van der Waals surface area contributed by atoms with E-state index in [4.69, 9.17) is 4.74 Å². The van der Waals surface area contributed by atoms with Crippen LogP contribution in [0.5, 0.6) is 0 Å². The van der Waals surface area contributed by atoms with E-state index in [0.717, 1.165) is 25.5 Å². The van der Waals surface area contributed by atoms with Gasteiger partial charge in [-0.3, -0.25) is 4.79 Å². The number of hydrogen-bond acceptors (Lipinski definition) is 4. The smallest absolute Gasteiger partial charge is 0.331 e. The van der Waals surface area contributed by atoms with Gasteiger partial charge < -0.3 is 9.84 Å². The molecule has 1 aliphatic heterocycles. The normalized spacial score (nSPS) is 22.6. The summed E-state index contributed by atoms with van der Waals surface area (Å²) in [6, 6.07) is 0. The Morgan fingerprint density at radius 2 is 2.07 bits per heavy atom. The third-order valence-corrected chi connectivity index (χ3v) is 6.28. The first kappa shape index (κ1) is 23.3. The van der Waals surface area contributed by atoms with Crippen LogP contribution in [-0.4, -0.2) is 30.1 Å². The predicted molar refractivity (Wildman–Crippen MR) is 116 cm³/mol. The Kier molecular flexibility index (Phi) is 8.63. The lowest BCUT2D eigenvalue weighted by atomic mass is 9.71. The summed E-state index contributed by atoms with van der Waals surface area (Å²) in [6.07, 6.45) is 13.7. The molecule has 0 amide bonds. The number of hydrogen-bond donors (Lipinski definition) is 1. The number of allylic oxidation sites excluding steroid dienone is 5. The monoisotopic (exact) mass is 400 g/mol. The molecule has 1 N–H and O–H groups in total. The standard InChI is InChI=1S/C25H36O4/c1-18(10-12-22-19(2)8-6-14-25(22,3)4)7-5-9-20(16-26)11-13-23-21(17-27)15-24(28)29-23/h7,11,15-16,23,27H,5-6,8-10,12-14,17H2,1-4H3. The van der Waals surface area contributed by atoms with Gasteiger partial charge in [0.2, 0.25) is 0 Å². The maximum absolute atomic E-state index is 11.4. The van der Waals surface area contributed by atoms with Crippen LogP contribution in [0.1, 0.15) is 79.1 Å². The first-order valence-corrected chi connectivity index (χ1v) is 10.8. The Bertz CT molecular complexity index is 734. The highest BCUT2D eigenvalue weighted by atomic mass is 16.5. The van der Waals surface area contributed by atoms with Gasteiger partial charge in [0.25, 0.3) is 0 Å². The topological polar surface area (TPSA) is 63.6 Å². The Hall–Kier alpha value is -1.94. The largest absolute Gasteiger partial charge is 0.454 e. The predicted octanol–water partition coefficient (Wildman–Crippen LogP) is 5.38. The number of aliphatic hydroxyl groups excluding tert-OH is 1. The van der Waals surface area contributed by atoms with Gasteiger partial charge in [0.05, 0.1) is 6.61 Å². The lowest BCUT2D eigenvalue weighted by Gasteiger charge is -2.35. The maximum Gasteiger partial charge on any atom is 0.331 e.